The van der Waals surface area contributed by atoms with Gasteiger partial charge in [0, 0.05) is 18.8 Å². The highest BCUT2D eigenvalue weighted by Crippen LogP contribution is 2.26. The van der Waals surface area contributed by atoms with Crippen LogP contribution in [0.5, 0.6) is 0 Å². The molecule has 2 heterocycles. The summed E-state index contributed by atoms with van der Waals surface area (Å²) >= 11 is 0. The molecule has 1 aliphatic rings. The molecule has 3 aromatic rings. The third-order valence-electron chi connectivity index (χ3n) is 5.22. The van der Waals surface area contributed by atoms with E-state index in [0.29, 0.717) is 17.1 Å². The largest absolute Gasteiger partial charge is 0.369 e. The molecule has 1 N–H and O–H groups in total. The summed E-state index contributed by atoms with van der Waals surface area (Å²) < 4.78 is 14.5. The average Bonchev–Trinajstić information content (AvgIpc) is 3.32. The Kier molecular flexibility index (Phi) is 5.05. The highest BCUT2D eigenvalue weighted by molar-refractivity contribution is 6.03. The monoisotopic (exact) mass is 393 g/mol. The number of aryl methyl sites for hydroxylation is 3. The summed E-state index contributed by atoms with van der Waals surface area (Å²) in [7, 11) is 0. The summed E-state index contributed by atoms with van der Waals surface area (Å²) in [4.78, 5) is 16.2. The molecule has 0 saturated carbocycles. The first-order chi connectivity index (χ1) is 13.9. The first-order valence-corrected chi connectivity index (χ1v) is 9.80. The second-order valence-corrected chi connectivity index (χ2v) is 7.53. The van der Waals surface area contributed by atoms with Crippen molar-refractivity contribution in [1.29, 1.82) is 0 Å². The number of benzene rings is 2. The summed E-state index contributed by atoms with van der Waals surface area (Å²) in [6.45, 7) is 7.46. The molecule has 0 radical (unpaired) electrons. The molecule has 29 heavy (non-hydrogen) atoms. The van der Waals surface area contributed by atoms with Crippen LogP contribution >= 0.6 is 0 Å². The highest BCUT2D eigenvalue weighted by Gasteiger charge is 2.19. The topological polar surface area (TPSA) is 63.1 Å². The number of hydrogen-bond acceptors (Lipinski definition) is 4. The minimum atomic E-state index is -0.410. The van der Waals surface area contributed by atoms with E-state index < -0.39 is 5.91 Å². The highest BCUT2D eigenvalue weighted by atomic mass is 19.1. The predicted molar refractivity (Wildman–Crippen MR) is 111 cm³/mol. The van der Waals surface area contributed by atoms with E-state index in [4.69, 9.17) is 0 Å². The number of nitrogens with zero attached hydrogens (tertiary/aromatic N) is 4. The van der Waals surface area contributed by atoms with Crippen molar-refractivity contribution in [2.75, 3.05) is 23.3 Å². The van der Waals surface area contributed by atoms with Crippen molar-refractivity contribution in [3.8, 4) is 5.69 Å². The van der Waals surface area contributed by atoms with Gasteiger partial charge in [0.2, 0.25) is 0 Å². The second-order valence-electron chi connectivity index (χ2n) is 7.53. The predicted octanol–water partition coefficient (Wildman–Crippen LogP) is 4.18. The fraction of sp³-hybridized carbons (Fsp3) is 0.318. The minimum Gasteiger partial charge on any atom is -0.369 e. The van der Waals surface area contributed by atoms with E-state index in [1.54, 1.807) is 19.1 Å². The number of rotatable bonds is 4. The van der Waals surface area contributed by atoms with Gasteiger partial charge in [0.1, 0.15) is 5.82 Å². The Labute approximate surface area is 169 Å². The molecule has 150 valence electrons. The van der Waals surface area contributed by atoms with E-state index in [1.807, 2.05) is 36.9 Å². The minimum absolute atomic E-state index is 0.217. The zero-order valence-corrected chi connectivity index (χ0v) is 16.9. The number of aromatic nitrogens is 3. The fourth-order valence-electron chi connectivity index (χ4n) is 3.72. The van der Waals surface area contributed by atoms with Gasteiger partial charge in [0.25, 0.3) is 5.91 Å². The van der Waals surface area contributed by atoms with E-state index >= 15 is 0 Å². The summed E-state index contributed by atoms with van der Waals surface area (Å²) in [5, 5.41) is 11.5. The number of halogens is 1. The Morgan fingerprint density at radius 1 is 1.00 bits per heavy atom. The molecule has 1 saturated heterocycles. The molecule has 6 nitrogen and oxygen atoms in total. The van der Waals surface area contributed by atoms with Gasteiger partial charge in [-0.25, -0.2) is 4.39 Å². The van der Waals surface area contributed by atoms with Crippen LogP contribution in [-0.2, 0) is 0 Å². The zero-order valence-electron chi connectivity index (χ0n) is 16.9. The molecule has 2 aromatic carbocycles. The third kappa shape index (κ3) is 3.85. The quantitative estimate of drug-likeness (QED) is 0.722. The Morgan fingerprint density at radius 3 is 2.41 bits per heavy atom. The molecule has 1 aliphatic heterocycles. The van der Waals surface area contributed by atoms with Gasteiger partial charge in [-0.15, -0.1) is 5.10 Å². The number of amides is 1. The smallest absolute Gasteiger partial charge is 0.278 e. The van der Waals surface area contributed by atoms with Crippen LogP contribution in [-0.4, -0.2) is 34.0 Å². The van der Waals surface area contributed by atoms with Gasteiger partial charge in [-0.3, -0.25) is 4.79 Å². The van der Waals surface area contributed by atoms with Crippen molar-refractivity contribution in [2.24, 2.45) is 0 Å². The van der Waals surface area contributed by atoms with E-state index in [9.17, 15) is 9.18 Å². The first kappa shape index (κ1) is 19.1. The van der Waals surface area contributed by atoms with Crippen molar-refractivity contribution in [3.05, 3.63) is 64.7 Å². The van der Waals surface area contributed by atoms with Crippen LogP contribution in [0.2, 0.25) is 0 Å². The van der Waals surface area contributed by atoms with Gasteiger partial charge < -0.3 is 10.2 Å². The number of carbonyl (C=O) groups is 1. The number of nitrogens with one attached hydrogen (secondary N) is 1. The maximum Gasteiger partial charge on any atom is 0.278 e. The standard InChI is InChI=1S/C22H24FN5O/c1-14-6-8-19(15(2)12-14)28-25-16(3)21(26-28)22(29)24-17-7-9-20(18(23)13-17)27-10-4-5-11-27/h6-9,12-13H,4-5,10-11H2,1-3H3,(H,24,29). The fourth-order valence-corrected chi connectivity index (χ4v) is 3.72. The van der Waals surface area contributed by atoms with Crippen molar-refractivity contribution < 1.29 is 9.18 Å². The zero-order chi connectivity index (χ0) is 20.5. The molecular weight excluding hydrogens is 369 g/mol. The number of anilines is 2. The second kappa shape index (κ2) is 7.66. The van der Waals surface area contributed by atoms with Crippen molar-refractivity contribution in [3.63, 3.8) is 0 Å². The van der Waals surface area contributed by atoms with Crippen LogP contribution in [0.25, 0.3) is 5.69 Å². The van der Waals surface area contributed by atoms with Gasteiger partial charge in [-0.05, 0) is 63.4 Å². The molecule has 0 aliphatic carbocycles. The molecule has 1 aromatic heterocycles. The summed E-state index contributed by atoms with van der Waals surface area (Å²) in [6.07, 6.45) is 2.15. The van der Waals surface area contributed by atoms with Crippen molar-refractivity contribution in [1.82, 2.24) is 15.0 Å². The van der Waals surface area contributed by atoms with Crippen molar-refractivity contribution in [2.45, 2.75) is 33.6 Å². The Morgan fingerprint density at radius 2 is 1.72 bits per heavy atom. The van der Waals surface area contributed by atoms with Crippen LogP contribution in [0.1, 0.15) is 40.2 Å². The Balaban J connectivity index is 1.54. The summed E-state index contributed by atoms with van der Waals surface area (Å²) in [5.74, 6) is -0.743. The lowest BCUT2D eigenvalue weighted by Crippen LogP contribution is -2.19. The van der Waals surface area contributed by atoms with Crippen LogP contribution in [0.4, 0.5) is 15.8 Å². The summed E-state index contributed by atoms with van der Waals surface area (Å²) in [5.41, 5.74) is 4.69. The average molecular weight is 393 g/mol. The first-order valence-electron chi connectivity index (χ1n) is 9.80. The van der Waals surface area contributed by atoms with E-state index in [-0.39, 0.29) is 11.5 Å². The van der Waals surface area contributed by atoms with Crippen LogP contribution in [0.15, 0.2) is 36.4 Å². The van der Waals surface area contributed by atoms with Crippen LogP contribution in [0, 0.1) is 26.6 Å². The maximum atomic E-state index is 14.5. The molecule has 1 amide bonds. The Bertz CT molecular complexity index is 1070. The van der Waals surface area contributed by atoms with E-state index in [0.717, 1.165) is 42.7 Å². The molecule has 0 bridgehead atoms. The van der Waals surface area contributed by atoms with Gasteiger partial charge >= 0.3 is 0 Å². The lowest BCUT2D eigenvalue weighted by Gasteiger charge is -2.18. The molecule has 0 spiro atoms. The van der Waals surface area contributed by atoms with Crippen LogP contribution in [0.3, 0.4) is 0 Å². The number of carbonyl (C=O) groups excluding carboxylic acids is 1. The van der Waals surface area contributed by atoms with Gasteiger partial charge in [0.05, 0.1) is 17.1 Å². The molecule has 0 unspecified atom stereocenters. The van der Waals surface area contributed by atoms with E-state index in [1.165, 1.54) is 10.9 Å². The van der Waals surface area contributed by atoms with Crippen molar-refractivity contribution >= 4 is 17.3 Å². The molecule has 1 fully saturated rings. The van der Waals surface area contributed by atoms with Crippen LogP contribution < -0.4 is 10.2 Å². The Hall–Kier alpha value is -3.22. The molecular formula is C22H24FN5O. The van der Waals surface area contributed by atoms with Gasteiger partial charge in [0.15, 0.2) is 5.69 Å². The summed E-state index contributed by atoms with van der Waals surface area (Å²) in [6, 6.07) is 10.7. The van der Waals surface area contributed by atoms with Gasteiger partial charge in [-0.2, -0.15) is 9.90 Å². The molecule has 4 rings (SSSR count). The molecule has 7 heteroatoms. The van der Waals surface area contributed by atoms with Gasteiger partial charge in [-0.1, -0.05) is 17.7 Å². The SMILES string of the molecule is Cc1ccc(-n2nc(C)c(C(=O)Nc3ccc(N4CCCC4)c(F)c3)n2)c(C)c1. The normalized spacial score (nSPS) is 13.7. The number of hydrogen-bond donors (Lipinski definition) is 1. The maximum absolute atomic E-state index is 14.5. The molecule has 0 atom stereocenters. The lowest BCUT2D eigenvalue weighted by molar-refractivity contribution is 0.102. The third-order valence-corrected chi connectivity index (χ3v) is 5.22. The van der Waals surface area contributed by atoms with E-state index in [2.05, 4.69) is 15.5 Å². The lowest BCUT2D eigenvalue weighted by atomic mass is 10.1.